The lowest BCUT2D eigenvalue weighted by Gasteiger charge is -2.32. The fraction of sp³-hybridized carbons (Fsp3) is 0.389. The van der Waals surface area contributed by atoms with E-state index in [0.29, 0.717) is 11.6 Å². The van der Waals surface area contributed by atoms with Crippen molar-refractivity contribution in [1.82, 2.24) is 14.7 Å². The monoisotopic (exact) mass is 375 g/mol. The van der Waals surface area contributed by atoms with Crippen molar-refractivity contribution in [2.45, 2.75) is 25.8 Å². The molecule has 1 aliphatic rings. The van der Waals surface area contributed by atoms with Crippen molar-refractivity contribution in [3.63, 3.8) is 0 Å². The highest BCUT2D eigenvalue weighted by atomic mass is 35.5. The van der Waals surface area contributed by atoms with Crippen LogP contribution in [0.4, 0.5) is 10.5 Å². The standard InChI is InChI=1S/C18H22ClN5O2/c19-16-12-14(2-3-15(16)17(20)25)22-18(26)23-9-4-13(5-10-23)6-11-24-8-1-7-21-24/h1-3,7-8,12-13H,4-6,9-11H2,(H2,20,25)(H,22,26). The third-order valence-corrected chi connectivity index (χ3v) is 5.03. The minimum atomic E-state index is -0.593. The fourth-order valence-electron chi connectivity index (χ4n) is 3.17. The van der Waals surface area contributed by atoms with Gasteiger partial charge in [-0.15, -0.1) is 0 Å². The molecular weight excluding hydrogens is 354 g/mol. The van der Waals surface area contributed by atoms with E-state index in [2.05, 4.69) is 10.4 Å². The van der Waals surface area contributed by atoms with Crippen LogP contribution in [0.3, 0.4) is 0 Å². The molecule has 2 aromatic rings. The molecule has 0 unspecified atom stereocenters. The number of rotatable bonds is 5. The van der Waals surface area contributed by atoms with Crippen molar-refractivity contribution in [2.24, 2.45) is 11.7 Å². The average molecular weight is 376 g/mol. The van der Waals surface area contributed by atoms with Crippen LogP contribution in [-0.4, -0.2) is 39.7 Å². The molecule has 0 atom stereocenters. The van der Waals surface area contributed by atoms with Gasteiger partial charge in [-0.2, -0.15) is 5.10 Å². The normalized spacial score (nSPS) is 15.0. The molecule has 0 radical (unpaired) electrons. The second kappa shape index (κ2) is 8.23. The van der Waals surface area contributed by atoms with Crippen LogP contribution < -0.4 is 11.1 Å². The number of anilines is 1. The molecule has 0 spiro atoms. The number of nitrogens with one attached hydrogen (secondary N) is 1. The summed E-state index contributed by atoms with van der Waals surface area (Å²) in [6.07, 6.45) is 6.79. The highest BCUT2D eigenvalue weighted by Crippen LogP contribution is 2.23. The maximum absolute atomic E-state index is 12.4. The number of halogens is 1. The maximum atomic E-state index is 12.4. The Morgan fingerprint density at radius 1 is 1.31 bits per heavy atom. The first-order chi connectivity index (χ1) is 12.5. The number of hydrogen-bond donors (Lipinski definition) is 2. The van der Waals surface area contributed by atoms with Gasteiger partial charge in [0.2, 0.25) is 5.91 Å². The number of primary amides is 1. The zero-order valence-electron chi connectivity index (χ0n) is 14.4. The van der Waals surface area contributed by atoms with Gasteiger partial charge in [0, 0.05) is 37.7 Å². The van der Waals surface area contributed by atoms with Gasteiger partial charge in [0.25, 0.3) is 0 Å². The van der Waals surface area contributed by atoms with E-state index in [1.165, 1.54) is 12.1 Å². The summed E-state index contributed by atoms with van der Waals surface area (Å²) in [4.78, 5) is 25.4. The number of hydrogen-bond acceptors (Lipinski definition) is 3. The number of nitrogens with two attached hydrogens (primary N) is 1. The molecule has 3 N–H and O–H groups in total. The van der Waals surface area contributed by atoms with Gasteiger partial charge in [0.1, 0.15) is 0 Å². The van der Waals surface area contributed by atoms with Crippen LogP contribution in [0.25, 0.3) is 0 Å². The predicted molar refractivity (Wildman–Crippen MR) is 100 cm³/mol. The average Bonchev–Trinajstić information content (AvgIpc) is 3.13. The number of urea groups is 1. The summed E-state index contributed by atoms with van der Waals surface area (Å²) in [7, 11) is 0. The molecule has 1 aromatic carbocycles. The molecule has 3 rings (SSSR count). The SMILES string of the molecule is NC(=O)c1ccc(NC(=O)N2CCC(CCn3cccn3)CC2)cc1Cl. The van der Waals surface area contributed by atoms with Crippen molar-refractivity contribution >= 4 is 29.2 Å². The largest absolute Gasteiger partial charge is 0.366 e. The number of piperidine rings is 1. The molecule has 1 aromatic heterocycles. The molecule has 0 saturated carbocycles. The van der Waals surface area contributed by atoms with Gasteiger partial charge >= 0.3 is 6.03 Å². The molecule has 3 amide bonds. The molecule has 138 valence electrons. The number of amides is 3. The molecule has 26 heavy (non-hydrogen) atoms. The molecule has 1 aliphatic heterocycles. The number of benzene rings is 1. The Balaban J connectivity index is 1.47. The summed E-state index contributed by atoms with van der Waals surface area (Å²) in [6.45, 7) is 2.36. The number of aryl methyl sites for hydroxylation is 1. The van der Waals surface area contributed by atoms with Gasteiger partial charge < -0.3 is 16.0 Å². The number of carbonyl (C=O) groups is 2. The van der Waals surface area contributed by atoms with Crippen molar-refractivity contribution < 1.29 is 9.59 Å². The Labute approximate surface area is 157 Å². The number of aromatic nitrogens is 2. The van der Waals surface area contributed by atoms with Crippen LogP contribution in [0.2, 0.25) is 5.02 Å². The second-order valence-electron chi connectivity index (χ2n) is 6.48. The Kier molecular flexibility index (Phi) is 5.78. The lowest BCUT2D eigenvalue weighted by atomic mass is 9.94. The first-order valence-corrected chi connectivity index (χ1v) is 9.03. The minimum Gasteiger partial charge on any atom is -0.366 e. The van der Waals surface area contributed by atoms with E-state index in [9.17, 15) is 9.59 Å². The van der Waals surface area contributed by atoms with E-state index >= 15 is 0 Å². The molecular formula is C18H22ClN5O2. The van der Waals surface area contributed by atoms with E-state index in [0.717, 1.165) is 38.9 Å². The summed E-state index contributed by atoms with van der Waals surface area (Å²) >= 11 is 6.02. The number of carbonyl (C=O) groups excluding carboxylic acids is 2. The lowest BCUT2D eigenvalue weighted by Crippen LogP contribution is -2.41. The third-order valence-electron chi connectivity index (χ3n) is 4.71. The Bertz CT molecular complexity index is 770. The molecule has 0 bridgehead atoms. The van der Waals surface area contributed by atoms with E-state index in [1.54, 1.807) is 17.2 Å². The van der Waals surface area contributed by atoms with Crippen molar-refractivity contribution in [1.29, 1.82) is 0 Å². The van der Waals surface area contributed by atoms with Crippen LogP contribution in [0.5, 0.6) is 0 Å². The van der Waals surface area contributed by atoms with E-state index in [1.807, 2.05) is 16.9 Å². The van der Waals surface area contributed by atoms with Gasteiger partial charge in [-0.25, -0.2) is 4.79 Å². The van der Waals surface area contributed by atoms with Crippen LogP contribution in [0, 0.1) is 5.92 Å². The molecule has 0 aliphatic carbocycles. The van der Waals surface area contributed by atoms with Crippen LogP contribution in [0.15, 0.2) is 36.7 Å². The van der Waals surface area contributed by atoms with Crippen molar-refractivity contribution in [2.75, 3.05) is 18.4 Å². The zero-order chi connectivity index (χ0) is 18.5. The van der Waals surface area contributed by atoms with Gasteiger partial charge in [-0.3, -0.25) is 9.48 Å². The smallest absolute Gasteiger partial charge is 0.321 e. The van der Waals surface area contributed by atoms with Crippen LogP contribution in [-0.2, 0) is 6.54 Å². The first kappa shape index (κ1) is 18.3. The first-order valence-electron chi connectivity index (χ1n) is 8.65. The number of nitrogens with zero attached hydrogens (tertiary/aromatic N) is 3. The topological polar surface area (TPSA) is 93.2 Å². The van der Waals surface area contributed by atoms with Crippen LogP contribution >= 0.6 is 11.6 Å². The Morgan fingerprint density at radius 2 is 2.08 bits per heavy atom. The summed E-state index contributed by atoms with van der Waals surface area (Å²) in [5, 5.41) is 7.27. The van der Waals surface area contributed by atoms with E-state index in [-0.39, 0.29) is 16.6 Å². The quantitative estimate of drug-likeness (QED) is 0.841. The highest BCUT2D eigenvalue weighted by molar-refractivity contribution is 6.34. The molecule has 1 fully saturated rings. The minimum absolute atomic E-state index is 0.154. The van der Waals surface area contributed by atoms with Gasteiger partial charge in [-0.05, 0) is 49.4 Å². The maximum Gasteiger partial charge on any atom is 0.321 e. The van der Waals surface area contributed by atoms with E-state index in [4.69, 9.17) is 17.3 Å². The summed E-state index contributed by atoms with van der Waals surface area (Å²) in [5.41, 5.74) is 6.01. The molecule has 2 heterocycles. The predicted octanol–water partition coefficient (Wildman–Crippen LogP) is 2.97. The van der Waals surface area contributed by atoms with Gasteiger partial charge in [0.05, 0.1) is 10.6 Å². The molecule has 1 saturated heterocycles. The Hall–Kier alpha value is -2.54. The summed E-state index contributed by atoms with van der Waals surface area (Å²) < 4.78 is 1.94. The highest BCUT2D eigenvalue weighted by Gasteiger charge is 2.23. The van der Waals surface area contributed by atoms with Crippen molar-refractivity contribution in [3.05, 3.63) is 47.2 Å². The van der Waals surface area contributed by atoms with Gasteiger partial charge in [-0.1, -0.05) is 11.6 Å². The molecule has 8 heteroatoms. The van der Waals surface area contributed by atoms with Gasteiger partial charge in [0.15, 0.2) is 0 Å². The van der Waals surface area contributed by atoms with E-state index < -0.39 is 5.91 Å². The molecule has 7 nitrogen and oxygen atoms in total. The van der Waals surface area contributed by atoms with Crippen molar-refractivity contribution in [3.8, 4) is 0 Å². The summed E-state index contributed by atoms with van der Waals surface area (Å²) in [5.74, 6) is 0.0117. The zero-order valence-corrected chi connectivity index (χ0v) is 15.2. The second-order valence-corrected chi connectivity index (χ2v) is 6.88. The summed E-state index contributed by atoms with van der Waals surface area (Å²) in [6, 6.07) is 6.45. The number of likely N-dealkylation sites (tertiary alicyclic amines) is 1. The third kappa shape index (κ3) is 4.54. The fourth-order valence-corrected chi connectivity index (χ4v) is 3.44. The van der Waals surface area contributed by atoms with Crippen LogP contribution in [0.1, 0.15) is 29.6 Å². The Morgan fingerprint density at radius 3 is 2.69 bits per heavy atom. The lowest BCUT2D eigenvalue weighted by molar-refractivity contribution is 0.100.